The molecule has 0 aromatic heterocycles. The van der Waals surface area contributed by atoms with Crippen LogP contribution in [0, 0.1) is 28.6 Å². The van der Waals surface area contributed by atoms with E-state index in [1.165, 1.54) is 24.8 Å². The van der Waals surface area contributed by atoms with Crippen LogP contribution in [0.3, 0.4) is 0 Å². The summed E-state index contributed by atoms with van der Waals surface area (Å²) in [5, 5.41) is 10.1. The van der Waals surface area contributed by atoms with Gasteiger partial charge in [-0.2, -0.15) is 0 Å². The summed E-state index contributed by atoms with van der Waals surface area (Å²) >= 11 is 0. The maximum atomic E-state index is 12.1. The van der Waals surface area contributed by atoms with E-state index in [1.54, 1.807) is 0 Å². The highest BCUT2D eigenvalue weighted by molar-refractivity contribution is 5.60. The molecule has 7 atom stereocenters. The number of carbonyl (C=O) groups is 1. The lowest BCUT2D eigenvalue weighted by atomic mass is 9.47. The first-order valence-corrected chi connectivity index (χ1v) is 11.1. The molecule has 0 amide bonds. The van der Waals surface area contributed by atoms with E-state index >= 15 is 0 Å². The number of allylic oxidation sites excluding steroid dienone is 1. The van der Waals surface area contributed by atoms with Crippen LogP contribution in [0.1, 0.15) is 78.6 Å². The fourth-order valence-electron chi connectivity index (χ4n) is 7.19. The van der Waals surface area contributed by atoms with Gasteiger partial charge >= 0.3 is 6.16 Å². The molecular weight excluding hydrogens is 340 g/mol. The third kappa shape index (κ3) is 3.12. The lowest BCUT2D eigenvalue weighted by molar-refractivity contribution is -0.0885. The molecule has 4 aliphatic rings. The first kappa shape index (κ1) is 19.3. The van der Waals surface area contributed by atoms with Crippen LogP contribution in [0.15, 0.2) is 11.6 Å². The molecule has 4 nitrogen and oxygen atoms in total. The number of aliphatic hydroxyl groups excluding tert-OH is 1. The molecule has 0 bridgehead atoms. The van der Waals surface area contributed by atoms with E-state index in [2.05, 4.69) is 19.9 Å². The van der Waals surface area contributed by atoms with Gasteiger partial charge in [0.2, 0.25) is 0 Å². The van der Waals surface area contributed by atoms with Gasteiger partial charge in [0.05, 0.1) is 12.7 Å². The normalized spacial score (nSPS) is 45.9. The van der Waals surface area contributed by atoms with Gasteiger partial charge in [-0.3, -0.25) is 0 Å². The van der Waals surface area contributed by atoms with Crippen LogP contribution in [0.4, 0.5) is 4.79 Å². The van der Waals surface area contributed by atoms with Crippen molar-refractivity contribution in [3.8, 4) is 0 Å². The second kappa shape index (κ2) is 7.09. The van der Waals surface area contributed by atoms with E-state index in [9.17, 15) is 9.90 Å². The van der Waals surface area contributed by atoms with Crippen molar-refractivity contribution in [3.63, 3.8) is 0 Å². The summed E-state index contributed by atoms with van der Waals surface area (Å²) in [5.41, 5.74) is 1.88. The molecule has 0 spiro atoms. The summed E-state index contributed by atoms with van der Waals surface area (Å²) < 4.78 is 11.0. The molecule has 4 rings (SSSR count). The molecule has 27 heavy (non-hydrogen) atoms. The fourth-order valence-corrected chi connectivity index (χ4v) is 7.19. The lowest BCUT2D eigenvalue weighted by Crippen LogP contribution is -2.51. The third-order valence-electron chi connectivity index (χ3n) is 8.66. The number of fused-ring (bicyclic) bond motifs is 5. The molecule has 0 saturated heterocycles. The summed E-state index contributed by atoms with van der Waals surface area (Å²) in [4.78, 5) is 12.1. The minimum Gasteiger partial charge on any atom is -0.434 e. The van der Waals surface area contributed by atoms with E-state index in [0.717, 1.165) is 44.4 Å². The Hall–Kier alpha value is -1.03. The van der Waals surface area contributed by atoms with Crippen molar-refractivity contribution in [2.24, 2.45) is 28.6 Å². The predicted octanol–water partition coefficient (Wildman–Crippen LogP) is 5.24. The SMILES string of the molecule is CCCOC(=O)O[C@H]1CC[C@H]2[C@@H]3CCC4=C[C@@H](O)CC[C@]4(C)[C@H]3CC[C@]12C. The smallest absolute Gasteiger partial charge is 0.434 e. The standard InChI is InChI=1S/C23H36O4/c1-4-13-26-21(25)27-20-8-7-18-17-6-5-15-14-16(24)9-11-22(15,2)19(17)10-12-23(18,20)3/h14,16-20,24H,4-13H2,1-3H3/t16-,17-,18-,19-,20-,22-,23-/m0/s1. The van der Waals surface area contributed by atoms with Crippen molar-refractivity contribution in [2.45, 2.75) is 90.8 Å². The molecule has 152 valence electrons. The summed E-state index contributed by atoms with van der Waals surface area (Å²) in [6.07, 6.45) is 11.2. The van der Waals surface area contributed by atoms with Crippen LogP contribution in [0.5, 0.6) is 0 Å². The molecule has 4 aliphatic carbocycles. The van der Waals surface area contributed by atoms with Gasteiger partial charge in [-0.25, -0.2) is 4.79 Å². The first-order chi connectivity index (χ1) is 12.9. The first-order valence-electron chi connectivity index (χ1n) is 11.1. The van der Waals surface area contributed by atoms with Gasteiger partial charge in [-0.1, -0.05) is 32.4 Å². The molecule has 3 saturated carbocycles. The zero-order chi connectivity index (χ0) is 19.2. The van der Waals surface area contributed by atoms with Gasteiger partial charge in [0.1, 0.15) is 6.10 Å². The van der Waals surface area contributed by atoms with Crippen molar-refractivity contribution >= 4 is 6.16 Å². The van der Waals surface area contributed by atoms with E-state index in [-0.39, 0.29) is 23.0 Å². The number of ether oxygens (including phenoxy) is 2. The van der Waals surface area contributed by atoms with Crippen LogP contribution in [0.2, 0.25) is 0 Å². The predicted molar refractivity (Wildman–Crippen MR) is 104 cm³/mol. The van der Waals surface area contributed by atoms with Gasteiger partial charge in [-0.05, 0) is 81.0 Å². The van der Waals surface area contributed by atoms with Crippen molar-refractivity contribution in [2.75, 3.05) is 6.61 Å². The van der Waals surface area contributed by atoms with Crippen molar-refractivity contribution in [3.05, 3.63) is 11.6 Å². The average Bonchev–Trinajstić information content (AvgIpc) is 2.97. The zero-order valence-electron chi connectivity index (χ0n) is 17.2. The van der Waals surface area contributed by atoms with Gasteiger partial charge in [0.15, 0.2) is 0 Å². The van der Waals surface area contributed by atoms with E-state index in [1.807, 2.05) is 6.92 Å². The number of hydrogen-bond donors (Lipinski definition) is 1. The Labute approximate surface area is 163 Å². The molecule has 0 radical (unpaired) electrons. The van der Waals surface area contributed by atoms with Gasteiger partial charge in [-0.15, -0.1) is 0 Å². The molecule has 0 aromatic rings. The highest BCUT2D eigenvalue weighted by atomic mass is 16.7. The van der Waals surface area contributed by atoms with Crippen LogP contribution in [0.25, 0.3) is 0 Å². The van der Waals surface area contributed by atoms with Crippen LogP contribution in [-0.2, 0) is 9.47 Å². The Bertz CT molecular complexity index is 613. The largest absolute Gasteiger partial charge is 0.508 e. The van der Waals surface area contributed by atoms with Crippen LogP contribution < -0.4 is 0 Å². The highest BCUT2D eigenvalue weighted by Crippen LogP contribution is 2.65. The second-order valence-corrected chi connectivity index (χ2v) is 9.96. The molecule has 1 N–H and O–H groups in total. The zero-order valence-corrected chi connectivity index (χ0v) is 17.2. The highest BCUT2D eigenvalue weighted by Gasteiger charge is 2.60. The Morgan fingerprint density at radius 1 is 1.15 bits per heavy atom. The van der Waals surface area contributed by atoms with Crippen molar-refractivity contribution in [1.29, 1.82) is 0 Å². The Morgan fingerprint density at radius 2 is 1.96 bits per heavy atom. The Kier molecular flexibility index (Phi) is 5.07. The van der Waals surface area contributed by atoms with E-state index < -0.39 is 6.16 Å². The molecule has 4 heteroatoms. The van der Waals surface area contributed by atoms with E-state index in [4.69, 9.17) is 9.47 Å². The lowest BCUT2D eigenvalue weighted by Gasteiger charge is -2.58. The number of aliphatic hydroxyl groups is 1. The average molecular weight is 377 g/mol. The maximum Gasteiger partial charge on any atom is 0.508 e. The maximum absolute atomic E-state index is 12.1. The van der Waals surface area contributed by atoms with Crippen LogP contribution >= 0.6 is 0 Å². The summed E-state index contributed by atoms with van der Waals surface area (Å²) in [6.45, 7) is 7.25. The van der Waals surface area contributed by atoms with Gasteiger partial charge in [0, 0.05) is 5.41 Å². The number of rotatable bonds is 3. The Morgan fingerprint density at radius 3 is 2.74 bits per heavy atom. The molecule has 0 aliphatic heterocycles. The summed E-state index contributed by atoms with van der Waals surface area (Å²) in [7, 11) is 0. The summed E-state index contributed by atoms with van der Waals surface area (Å²) in [5.74, 6) is 2.08. The van der Waals surface area contributed by atoms with E-state index in [0.29, 0.717) is 18.4 Å². The van der Waals surface area contributed by atoms with Gasteiger partial charge in [0.25, 0.3) is 0 Å². The summed E-state index contributed by atoms with van der Waals surface area (Å²) in [6, 6.07) is 0. The van der Waals surface area contributed by atoms with Crippen molar-refractivity contribution in [1.82, 2.24) is 0 Å². The molecule has 0 unspecified atom stereocenters. The fraction of sp³-hybridized carbons (Fsp3) is 0.870. The third-order valence-corrected chi connectivity index (χ3v) is 8.66. The molecular formula is C23H36O4. The Balaban J connectivity index is 1.51. The number of hydrogen-bond acceptors (Lipinski definition) is 4. The quantitative estimate of drug-likeness (QED) is 0.540. The molecule has 3 fully saturated rings. The molecule has 0 aromatic carbocycles. The monoisotopic (exact) mass is 376 g/mol. The molecule has 0 heterocycles. The topological polar surface area (TPSA) is 55.8 Å². The minimum absolute atomic E-state index is 0.00530. The van der Waals surface area contributed by atoms with Crippen molar-refractivity contribution < 1.29 is 19.4 Å². The van der Waals surface area contributed by atoms with Crippen LogP contribution in [-0.4, -0.2) is 30.1 Å². The minimum atomic E-state index is -0.479. The number of carbonyl (C=O) groups excluding carboxylic acids is 1. The second-order valence-electron chi connectivity index (χ2n) is 9.96. The van der Waals surface area contributed by atoms with Gasteiger partial charge < -0.3 is 14.6 Å².